The number of aliphatic hydroxyl groups excluding tert-OH is 2. The molecule has 3 fully saturated rings. The van der Waals surface area contributed by atoms with Crippen LogP contribution in [0.5, 0.6) is 0 Å². The van der Waals surface area contributed by atoms with Gasteiger partial charge in [0.05, 0.1) is 12.2 Å². The van der Waals surface area contributed by atoms with E-state index in [9.17, 15) is 29.4 Å². The summed E-state index contributed by atoms with van der Waals surface area (Å²) in [6.07, 6.45) is -4.70. The number of epoxide rings is 1. The largest absolute Gasteiger partial charge is 0.462 e. The maximum Gasteiger partial charge on any atom is 0.342 e. The van der Waals surface area contributed by atoms with Gasteiger partial charge in [0.15, 0.2) is 17.3 Å². The van der Waals surface area contributed by atoms with Crippen LogP contribution in [0.25, 0.3) is 0 Å². The Labute approximate surface area is 215 Å². The second kappa shape index (κ2) is 9.06. The molecule has 11 heteroatoms. The maximum absolute atomic E-state index is 12.9. The van der Waals surface area contributed by atoms with Crippen molar-refractivity contribution in [3.8, 4) is 0 Å². The SMILES string of the molecule is CC(=O)OC1CC(OC(C)=O)C2(C)C(OC(C)=O)CC(O)C(C)C2C(O)C23OC2(C)C(=O)OC3C=C1C. The molecule has 0 aromatic rings. The molecule has 206 valence electrons. The molecule has 4 aliphatic rings. The van der Waals surface area contributed by atoms with Gasteiger partial charge in [-0.05, 0) is 31.4 Å². The van der Waals surface area contributed by atoms with Crippen LogP contribution in [0.3, 0.4) is 0 Å². The van der Waals surface area contributed by atoms with E-state index in [1.807, 2.05) is 0 Å². The average Bonchev–Trinajstić information content (AvgIpc) is 3.36. The Morgan fingerprint density at radius 2 is 1.51 bits per heavy atom. The Morgan fingerprint density at radius 1 is 0.973 bits per heavy atom. The first-order valence-electron chi connectivity index (χ1n) is 12.6. The quantitative estimate of drug-likeness (QED) is 0.234. The lowest BCUT2D eigenvalue weighted by Crippen LogP contribution is -2.66. The number of carbonyl (C=O) groups excluding carboxylic acids is 4. The number of aliphatic hydroxyl groups is 2. The zero-order valence-electron chi connectivity index (χ0n) is 22.2. The van der Waals surface area contributed by atoms with Gasteiger partial charge in [-0.3, -0.25) is 14.4 Å². The molecule has 11 unspecified atom stereocenters. The van der Waals surface area contributed by atoms with Crippen molar-refractivity contribution in [1.29, 1.82) is 0 Å². The first kappa shape index (κ1) is 27.5. The Bertz CT molecular complexity index is 1040. The molecular formula is C26H36O11. The van der Waals surface area contributed by atoms with E-state index in [2.05, 4.69) is 0 Å². The van der Waals surface area contributed by atoms with Crippen molar-refractivity contribution in [2.24, 2.45) is 17.3 Å². The number of hydrogen-bond donors (Lipinski definition) is 2. The highest BCUT2D eigenvalue weighted by molar-refractivity contribution is 5.89. The van der Waals surface area contributed by atoms with Crippen molar-refractivity contribution in [2.45, 2.75) is 109 Å². The fourth-order valence-electron chi connectivity index (χ4n) is 6.92. The summed E-state index contributed by atoms with van der Waals surface area (Å²) in [5, 5.41) is 23.1. The highest BCUT2D eigenvalue weighted by atomic mass is 16.7. The van der Waals surface area contributed by atoms with Crippen molar-refractivity contribution >= 4 is 23.9 Å². The van der Waals surface area contributed by atoms with Gasteiger partial charge in [0, 0.05) is 44.9 Å². The molecule has 1 spiro atoms. The molecule has 2 aliphatic heterocycles. The molecule has 1 saturated carbocycles. The molecule has 0 aromatic carbocycles. The number of carbonyl (C=O) groups is 4. The first-order chi connectivity index (χ1) is 17.1. The third kappa shape index (κ3) is 4.06. The lowest BCUT2D eigenvalue weighted by molar-refractivity contribution is -0.229. The fourth-order valence-corrected chi connectivity index (χ4v) is 6.92. The van der Waals surface area contributed by atoms with Crippen LogP contribution in [-0.2, 0) is 42.9 Å². The van der Waals surface area contributed by atoms with Crippen LogP contribution in [0, 0.1) is 17.3 Å². The minimum atomic E-state index is -1.51. The summed E-state index contributed by atoms with van der Waals surface area (Å²) in [6.45, 7) is 10.4. The summed E-state index contributed by atoms with van der Waals surface area (Å²) in [5.41, 5.74) is -3.75. The molecule has 2 saturated heterocycles. The van der Waals surface area contributed by atoms with Crippen LogP contribution >= 0.6 is 0 Å². The summed E-state index contributed by atoms with van der Waals surface area (Å²) < 4.78 is 28.7. The van der Waals surface area contributed by atoms with Gasteiger partial charge >= 0.3 is 23.9 Å². The summed E-state index contributed by atoms with van der Waals surface area (Å²) in [7, 11) is 0. The summed E-state index contributed by atoms with van der Waals surface area (Å²) in [6, 6.07) is 0. The van der Waals surface area contributed by atoms with Crippen LogP contribution in [0.2, 0.25) is 0 Å². The van der Waals surface area contributed by atoms with Gasteiger partial charge in [0.25, 0.3) is 0 Å². The highest BCUT2D eigenvalue weighted by Gasteiger charge is 2.86. The smallest absolute Gasteiger partial charge is 0.342 e. The summed E-state index contributed by atoms with van der Waals surface area (Å²) >= 11 is 0. The zero-order chi connectivity index (χ0) is 27.7. The normalized spacial score (nSPS) is 46.7. The minimum Gasteiger partial charge on any atom is -0.462 e. The molecule has 11 atom stereocenters. The predicted octanol–water partition coefficient (Wildman–Crippen LogP) is 0.969. The van der Waals surface area contributed by atoms with Crippen molar-refractivity contribution in [1.82, 2.24) is 0 Å². The molecule has 0 aromatic heterocycles. The number of hydrogen-bond acceptors (Lipinski definition) is 11. The van der Waals surface area contributed by atoms with Crippen LogP contribution in [-0.4, -0.2) is 81.9 Å². The van der Waals surface area contributed by atoms with E-state index < -0.39 is 89.0 Å². The topological polar surface area (TPSA) is 158 Å². The lowest BCUT2D eigenvalue weighted by Gasteiger charge is -2.56. The predicted molar refractivity (Wildman–Crippen MR) is 125 cm³/mol. The summed E-state index contributed by atoms with van der Waals surface area (Å²) in [4.78, 5) is 49.4. The van der Waals surface area contributed by atoms with Gasteiger partial charge in [0.1, 0.15) is 18.3 Å². The standard InChI is InChI=1S/C26H36O11/c1-11-8-20-26(25(7,37-26)23(32)36-20)22(31)21-12(2)16(30)9-18(34-14(4)28)24(21,6)19(35-15(5)29)10-17(11)33-13(3)27/h8,12,16-22,30-31H,9-10H2,1-7H3. The highest BCUT2D eigenvalue weighted by Crippen LogP contribution is 2.65. The molecule has 11 nitrogen and oxygen atoms in total. The van der Waals surface area contributed by atoms with Crippen LogP contribution in [0.15, 0.2) is 11.6 Å². The van der Waals surface area contributed by atoms with Gasteiger partial charge in [0.2, 0.25) is 0 Å². The van der Waals surface area contributed by atoms with Crippen LogP contribution in [0.1, 0.15) is 61.3 Å². The third-order valence-corrected chi connectivity index (χ3v) is 8.91. The van der Waals surface area contributed by atoms with Crippen molar-refractivity contribution < 1.29 is 53.1 Å². The van der Waals surface area contributed by atoms with Crippen LogP contribution in [0.4, 0.5) is 0 Å². The van der Waals surface area contributed by atoms with Gasteiger partial charge < -0.3 is 33.9 Å². The van der Waals surface area contributed by atoms with Gasteiger partial charge in [-0.2, -0.15) is 0 Å². The third-order valence-electron chi connectivity index (χ3n) is 8.91. The van der Waals surface area contributed by atoms with Gasteiger partial charge in [-0.15, -0.1) is 0 Å². The van der Waals surface area contributed by atoms with Crippen molar-refractivity contribution in [3.63, 3.8) is 0 Å². The fraction of sp³-hybridized carbons (Fsp3) is 0.769. The Kier molecular flexibility index (Phi) is 6.74. The van der Waals surface area contributed by atoms with E-state index in [-0.39, 0.29) is 12.8 Å². The molecule has 2 N–H and O–H groups in total. The summed E-state index contributed by atoms with van der Waals surface area (Å²) in [5.74, 6) is -3.96. The second-order valence-corrected chi connectivity index (χ2v) is 11.2. The van der Waals surface area contributed by atoms with Gasteiger partial charge in [-0.25, -0.2) is 4.79 Å². The van der Waals surface area contributed by atoms with Crippen molar-refractivity contribution in [3.05, 3.63) is 11.6 Å². The van der Waals surface area contributed by atoms with E-state index in [0.29, 0.717) is 5.57 Å². The number of fused-ring (bicyclic) bond motifs is 1. The molecule has 2 heterocycles. The van der Waals surface area contributed by atoms with E-state index in [0.717, 1.165) is 0 Å². The van der Waals surface area contributed by atoms with E-state index in [4.69, 9.17) is 23.7 Å². The van der Waals surface area contributed by atoms with E-state index >= 15 is 0 Å². The Hall–Kier alpha value is -2.50. The maximum atomic E-state index is 12.9. The number of rotatable bonds is 3. The average molecular weight is 525 g/mol. The second-order valence-electron chi connectivity index (χ2n) is 11.2. The number of esters is 4. The van der Waals surface area contributed by atoms with Gasteiger partial charge in [-0.1, -0.05) is 13.8 Å². The Morgan fingerprint density at radius 3 is 2.03 bits per heavy atom. The lowest BCUT2D eigenvalue weighted by atomic mass is 9.53. The van der Waals surface area contributed by atoms with E-state index in [1.54, 1.807) is 26.8 Å². The first-order valence-corrected chi connectivity index (χ1v) is 12.6. The molecule has 0 amide bonds. The van der Waals surface area contributed by atoms with Crippen LogP contribution < -0.4 is 0 Å². The van der Waals surface area contributed by atoms with E-state index in [1.165, 1.54) is 27.7 Å². The molecule has 4 rings (SSSR count). The molecule has 0 bridgehead atoms. The Balaban J connectivity index is 1.97. The number of ether oxygens (including phenoxy) is 5. The zero-order valence-corrected chi connectivity index (χ0v) is 22.2. The monoisotopic (exact) mass is 524 g/mol. The molecular weight excluding hydrogens is 488 g/mol. The minimum absolute atomic E-state index is 0.0203. The molecule has 0 radical (unpaired) electrons. The molecule has 37 heavy (non-hydrogen) atoms. The molecule has 2 aliphatic carbocycles. The van der Waals surface area contributed by atoms with Crippen molar-refractivity contribution in [2.75, 3.05) is 0 Å².